The number of ether oxygens (including phenoxy) is 2. The van der Waals surface area contributed by atoms with Gasteiger partial charge in [-0.15, -0.1) is 6.58 Å². The zero-order valence-electron chi connectivity index (χ0n) is 50.1. The summed E-state index contributed by atoms with van der Waals surface area (Å²) in [7, 11) is -4.55. The van der Waals surface area contributed by atoms with Gasteiger partial charge in [-0.25, -0.2) is 4.18 Å². The average molecular weight is 1260 g/mol. The molecule has 0 amide bonds. The molecule has 0 radical (unpaired) electrons. The maximum absolute atomic E-state index is 11.2. The van der Waals surface area contributed by atoms with E-state index >= 15 is 0 Å². The van der Waals surface area contributed by atoms with Crippen molar-refractivity contribution in [1.29, 1.82) is 0 Å². The molecule has 0 saturated carbocycles. The van der Waals surface area contributed by atoms with Crippen molar-refractivity contribution in [3.63, 3.8) is 0 Å². The van der Waals surface area contributed by atoms with E-state index in [2.05, 4.69) is 17.3 Å². The molecule has 0 aromatic rings. The lowest BCUT2D eigenvalue weighted by atomic mass is 9.85. The van der Waals surface area contributed by atoms with Gasteiger partial charge in [-0.1, -0.05) is 86.8 Å². The summed E-state index contributed by atoms with van der Waals surface area (Å²) in [5, 5.41) is 195. The molecule has 500 valence electrons. The van der Waals surface area contributed by atoms with E-state index in [1.54, 1.807) is 26.8 Å². The van der Waals surface area contributed by atoms with Gasteiger partial charge in [-0.05, 0) is 127 Å². The highest BCUT2D eigenvalue weighted by Gasteiger charge is 2.47. The van der Waals surface area contributed by atoms with Gasteiger partial charge in [-0.2, -0.15) is 8.42 Å². The van der Waals surface area contributed by atoms with Gasteiger partial charge in [0.15, 0.2) is 0 Å². The van der Waals surface area contributed by atoms with E-state index < -0.39 is 157 Å². The quantitative estimate of drug-likeness (QED) is 0.0170. The monoisotopic (exact) mass is 1250 g/mol. The molecular weight excluding hydrogens is 1150 g/mol. The fourth-order valence-corrected chi connectivity index (χ4v) is 10.8. The first-order valence-electron chi connectivity index (χ1n) is 30.2. The zero-order chi connectivity index (χ0) is 64.8. The van der Waals surface area contributed by atoms with Crippen LogP contribution in [-0.2, 0) is 24.1 Å². The minimum atomic E-state index is -4.55. The standard InChI is InChI=1S/C61H106O24S/c1-6-7-8-9-10-11-12-13-14-15-16-17-23-44(66)55(75)60-58(78)49(71)35-51(85-60)59(79)54(74)38(4)26-29-43(65)50-34-48(70)57(77)61(84-50)56(76)45(67)31-36(2)24-27-42(64)33-47(69)53(73)39(5)32-46(68)52(72)37(3)25-28-41(63)21-18-20-40(62)22-19-30-83-86(80,81)82/h6,9-14,17,23,31,37,39-79H,1,4,7-8,15-16,18-22,24-30,32-35H2,2-3,5H3,(H,80,81,82)/b10-9+,12-11+,14-13+,23-17+,36-31+. The Morgan fingerprint density at radius 1 is 0.581 bits per heavy atom. The van der Waals surface area contributed by atoms with Gasteiger partial charge in [0.1, 0.15) is 61.0 Å². The van der Waals surface area contributed by atoms with Crippen molar-refractivity contribution < 1.29 is 119 Å². The number of aliphatic hydroxyl groups excluding tert-OH is 18. The van der Waals surface area contributed by atoms with Gasteiger partial charge in [0.05, 0.1) is 79.9 Å². The second-order valence-corrected chi connectivity index (χ2v) is 24.7. The van der Waals surface area contributed by atoms with Crippen molar-refractivity contribution in [2.75, 3.05) is 6.61 Å². The molecule has 19 N–H and O–H groups in total. The molecule has 25 heteroatoms. The second kappa shape index (κ2) is 41.6. The largest absolute Gasteiger partial charge is 0.397 e. The lowest BCUT2D eigenvalue weighted by molar-refractivity contribution is -0.234. The summed E-state index contributed by atoms with van der Waals surface area (Å²) in [5.41, 5.74) is 0.460. The summed E-state index contributed by atoms with van der Waals surface area (Å²) >= 11 is 0. The zero-order valence-corrected chi connectivity index (χ0v) is 50.9. The Morgan fingerprint density at radius 2 is 1.09 bits per heavy atom. The lowest BCUT2D eigenvalue weighted by Crippen LogP contribution is -2.59. The Hall–Kier alpha value is -2.75. The summed E-state index contributed by atoms with van der Waals surface area (Å²) in [6.45, 7) is 12.1. The molecule has 0 aliphatic carbocycles. The van der Waals surface area contributed by atoms with E-state index in [-0.39, 0.29) is 76.4 Å². The molecule has 24 nitrogen and oxygen atoms in total. The first kappa shape index (κ1) is 79.3. The van der Waals surface area contributed by atoms with Gasteiger partial charge >= 0.3 is 10.4 Å². The third kappa shape index (κ3) is 29.9. The Morgan fingerprint density at radius 3 is 1.69 bits per heavy atom. The van der Waals surface area contributed by atoms with Crippen molar-refractivity contribution in [3.05, 3.63) is 85.1 Å². The number of unbranched alkanes of at least 4 members (excludes halogenated alkanes) is 2. The van der Waals surface area contributed by atoms with Gasteiger partial charge in [0.2, 0.25) is 0 Å². The third-order valence-corrected chi connectivity index (χ3v) is 16.6. The van der Waals surface area contributed by atoms with Crippen LogP contribution in [0.15, 0.2) is 85.1 Å². The summed E-state index contributed by atoms with van der Waals surface area (Å²) < 4.78 is 45.6. The Kier molecular flexibility index (Phi) is 38.4. The van der Waals surface area contributed by atoms with E-state index in [1.807, 2.05) is 42.5 Å². The molecule has 0 aromatic carbocycles. The van der Waals surface area contributed by atoms with Crippen LogP contribution in [-0.4, -0.2) is 246 Å². The molecule has 86 heavy (non-hydrogen) atoms. The van der Waals surface area contributed by atoms with E-state index in [9.17, 15) is 100 Å². The van der Waals surface area contributed by atoms with Crippen LogP contribution in [0.3, 0.4) is 0 Å². The summed E-state index contributed by atoms with van der Waals surface area (Å²) in [4.78, 5) is 0. The first-order valence-corrected chi connectivity index (χ1v) is 31.6. The van der Waals surface area contributed by atoms with E-state index in [0.29, 0.717) is 50.5 Å². The maximum Gasteiger partial charge on any atom is 0.397 e. The first-order chi connectivity index (χ1) is 40.4. The van der Waals surface area contributed by atoms with Gasteiger partial charge in [0, 0.05) is 19.3 Å². The molecular formula is C61H106O24S. The molecule has 0 aromatic heterocycles. The van der Waals surface area contributed by atoms with Crippen LogP contribution in [0.1, 0.15) is 143 Å². The third-order valence-electron chi connectivity index (χ3n) is 16.1. The highest BCUT2D eigenvalue weighted by Crippen LogP contribution is 2.32. The predicted octanol–water partition coefficient (Wildman–Crippen LogP) is 0.434. The second-order valence-electron chi connectivity index (χ2n) is 23.6. The fourth-order valence-electron chi connectivity index (χ4n) is 10.4. The minimum absolute atomic E-state index is 0.000387. The Balaban J connectivity index is 1.84. The van der Waals surface area contributed by atoms with E-state index in [0.717, 1.165) is 12.8 Å². The fraction of sp³-hybridized carbons (Fsp3) is 0.770. The molecule has 2 heterocycles. The molecule has 0 bridgehead atoms. The van der Waals surface area contributed by atoms with E-state index in [4.69, 9.17) is 14.0 Å². The maximum atomic E-state index is 11.2. The molecule has 2 saturated heterocycles. The van der Waals surface area contributed by atoms with Crippen molar-refractivity contribution in [1.82, 2.24) is 0 Å². The SMILES string of the molecule is C=CCC/C=C/C=C/C=C/CC/C=C/C(O)C(O)C1OC(C(O)C(O)C(=C)CCC(O)C2CC(O)C(O)C(C(O)C(O)/C=C(\C)CCC(O)CC(O)C(O)C(C)CC(O)C(O)C(C)CCC(O)CCCC(O)CCCOS(=O)(=O)O)O2)CC(O)C1O. The van der Waals surface area contributed by atoms with Crippen LogP contribution in [0.4, 0.5) is 0 Å². The van der Waals surface area contributed by atoms with Crippen molar-refractivity contribution in [2.24, 2.45) is 11.8 Å². The lowest BCUT2D eigenvalue weighted by Gasteiger charge is -2.42. The number of hydrogen-bond acceptors (Lipinski definition) is 23. The van der Waals surface area contributed by atoms with Gasteiger partial charge in [-0.3, -0.25) is 4.55 Å². The molecule has 2 aliphatic heterocycles. The normalized spacial score (nSPS) is 27.7. The van der Waals surface area contributed by atoms with Crippen molar-refractivity contribution >= 4 is 10.4 Å². The van der Waals surface area contributed by atoms with Crippen LogP contribution < -0.4 is 0 Å². The number of allylic oxidation sites excluding steroid dienone is 9. The summed E-state index contributed by atoms with van der Waals surface area (Å²) in [5.74, 6) is -1.19. The van der Waals surface area contributed by atoms with Crippen molar-refractivity contribution in [3.8, 4) is 0 Å². The van der Waals surface area contributed by atoms with Crippen LogP contribution in [0.2, 0.25) is 0 Å². The van der Waals surface area contributed by atoms with Crippen molar-refractivity contribution in [2.45, 2.75) is 277 Å². The molecule has 2 fully saturated rings. The highest BCUT2D eigenvalue weighted by molar-refractivity contribution is 7.80. The summed E-state index contributed by atoms with van der Waals surface area (Å²) in [6.07, 6.45) is -10.2. The smallest absolute Gasteiger partial charge is 0.393 e. The van der Waals surface area contributed by atoms with E-state index in [1.165, 1.54) is 12.2 Å². The Labute approximate surface area is 507 Å². The minimum Gasteiger partial charge on any atom is -0.393 e. The van der Waals surface area contributed by atoms with Gasteiger partial charge in [0.25, 0.3) is 0 Å². The molecule has 24 unspecified atom stereocenters. The number of hydrogen-bond donors (Lipinski definition) is 19. The molecule has 2 aliphatic rings. The van der Waals surface area contributed by atoms with Crippen LogP contribution in [0.5, 0.6) is 0 Å². The van der Waals surface area contributed by atoms with Gasteiger partial charge < -0.3 is 101 Å². The van der Waals surface area contributed by atoms with Crippen LogP contribution >= 0.6 is 0 Å². The molecule has 24 atom stereocenters. The number of aliphatic hydroxyl groups is 18. The Bertz CT molecular complexity index is 2140. The highest BCUT2D eigenvalue weighted by atomic mass is 32.3. The van der Waals surface area contributed by atoms with Crippen LogP contribution in [0.25, 0.3) is 0 Å². The summed E-state index contributed by atoms with van der Waals surface area (Å²) in [6, 6.07) is 0. The number of rotatable bonds is 44. The topological polar surface area (TPSA) is 446 Å². The predicted molar refractivity (Wildman–Crippen MR) is 319 cm³/mol. The average Bonchev–Trinajstić information content (AvgIpc) is 1.37. The molecule has 2 rings (SSSR count). The van der Waals surface area contributed by atoms with Crippen LogP contribution in [0, 0.1) is 11.8 Å². The molecule has 0 spiro atoms.